The molecule has 1 unspecified atom stereocenters. The Labute approximate surface area is 137 Å². The Morgan fingerprint density at radius 3 is 2.57 bits per heavy atom. The Bertz CT molecular complexity index is 720. The molecule has 122 valence electrons. The molecule has 3 rings (SSSR count). The van der Waals surface area contributed by atoms with Crippen LogP contribution in [0.4, 0.5) is 0 Å². The fraction of sp³-hybridized carbons (Fsp3) is 0.421. The van der Waals surface area contributed by atoms with Crippen LogP contribution in [0.25, 0.3) is 5.69 Å². The van der Waals surface area contributed by atoms with Gasteiger partial charge in [-0.15, -0.1) is 0 Å². The molecule has 0 saturated carbocycles. The van der Waals surface area contributed by atoms with Crippen molar-refractivity contribution in [1.29, 1.82) is 0 Å². The van der Waals surface area contributed by atoms with E-state index in [-0.39, 0.29) is 11.3 Å². The molecule has 4 nitrogen and oxygen atoms in total. The fourth-order valence-corrected chi connectivity index (χ4v) is 3.49. The normalized spacial score (nSPS) is 21.0. The van der Waals surface area contributed by atoms with Crippen LogP contribution >= 0.6 is 0 Å². The molecule has 2 heterocycles. The topological polar surface area (TPSA) is 51.3 Å². The van der Waals surface area contributed by atoms with Crippen LogP contribution in [0.5, 0.6) is 0 Å². The Morgan fingerprint density at radius 1 is 1.26 bits per heavy atom. The highest BCUT2D eigenvalue weighted by molar-refractivity contribution is 5.96. The highest BCUT2D eigenvalue weighted by atomic mass is 16.2. The number of aromatic nitrogens is 1. The van der Waals surface area contributed by atoms with Crippen LogP contribution in [-0.4, -0.2) is 35.0 Å². The maximum atomic E-state index is 12.9. The number of nitrogens with zero attached hydrogens (tertiary/aromatic N) is 2. The molecule has 1 amide bonds. The summed E-state index contributed by atoms with van der Waals surface area (Å²) >= 11 is 0. The second-order valence-corrected chi connectivity index (χ2v) is 6.95. The van der Waals surface area contributed by atoms with Gasteiger partial charge >= 0.3 is 0 Å². The van der Waals surface area contributed by atoms with Gasteiger partial charge in [0.15, 0.2) is 0 Å². The largest absolute Gasteiger partial charge is 0.338 e. The van der Waals surface area contributed by atoms with E-state index in [1.54, 1.807) is 0 Å². The fourth-order valence-electron chi connectivity index (χ4n) is 3.49. The van der Waals surface area contributed by atoms with E-state index in [1.807, 2.05) is 43.0 Å². The zero-order chi connectivity index (χ0) is 16.6. The standard InChI is InChI=1S/C19H25N3O/c1-14-11-17(15(2)22(14)16-7-5-4-6-8-16)18(23)21-10-9-19(3,12-20)13-21/h4-8,11H,9-10,12-13,20H2,1-3H3. The van der Waals surface area contributed by atoms with Crippen LogP contribution in [0.15, 0.2) is 36.4 Å². The first-order valence-corrected chi connectivity index (χ1v) is 8.19. The average molecular weight is 311 g/mol. The lowest BCUT2D eigenvalue weighted by Crippen LogP contribution is -2.34. The molecule has 1 aromatic heterocycles. The molecule has 2 N–H and O–H groups in total. The first-order chi connectivity index (χ1) is 10.9. The summed E-state index contributed by atoms with van der Waals surface area (Å²) in [5.74, 6) is 0.123. The Morgan fingerprint density at radius 2 is 1.96 bits per heavy atom. The number of benzene rings is 1. The molecule has 0 bridgehead atoms. The average Bonchev–Trinajstić information content (AvgIpc) is 3.09. The lowest BCUT2D eigenvalue weighted by molar-refractivity contribution is 0.0776. The van der Waals surface area contributed by atoms with E-state index in [9.17, 15) is 4.79 Å². The monoisotopic (exact) mass is 311 g/mol. The van der Waals surface area contributed by atoms with Crippen molar-refractivity contribution in [3.05, 3.63) is 53.3 Å². The number of amides is 1. The Balaban J connectivity index is 1.92. The Hall–Kier alpha value is -2.07. The lowest BCUT2D eigenvalue weighted by atomic mass is 9.90. The molecule has 1 saturated heterocycles. The molecule has 2 aromatic rings. The van der Waals surface area contributed by atoms with Gasteiger partial charge in [-0.25, -0.2) is 0 Å². The second kappa shape index (κ2) is 5.85. The first-order valence-electron chi connectivity index (χ1n) is 8.19. The van der Waals surface area contributed by atoms with Crippen molar-refractivity contribution >= 4 is 5.91 Å². The number of aryl methyl sites for hydroxylation is 1. The minimum Gasteiger partial charge on any atom is -0.338 e. The van der Waals surface area contributed by atoms with Gasteiger partial charge in [0.25, 0.3) is 5.91 Å². The maximum absolute atomic E-state index is 12.9. The van der Waals surface area contributed by atoms with E-state index in [2.05, 4.69) is 23.6 Å². The maximum Gasteiger partial charge on any atom is 0.255 e. The molecule has 4 heteroatoms. The number of para-hydroxylation sites is 1. The molecular formula is C19H25N3O. The SMILES string of the molecule is Cc1cc(C(=O)N2CCC(C)(CN)C2)c(C)n1-c1ccccc1. The third-order valence-corrected chi connectivity index (χ3v) is 5.01. The van der Waals surface area contributed by atoms with E-state index in [0.717, 1.165) is 42.1 Å². The highest BCUT2D eigenvalue weighted by Crippen LogP contribution is 2.31. The number of carbonyl (C=O) groups is 1. The van der Waals surface area contributed by atoms with Crippen molar-refractivity contribution in [2.45, 2.75) is 27.2 Å². The minimum absolute atomic E-state index is 0.0562. The molecule has 1 fully saturated rings. The number of rotatable bonds is 3. The van der Waals surface area contributed by atoms with E-state index >= 15 is 0 Å². The molecule has 1 atom stereocenters. The molecule has 1 aliphatic rings. The predicted octanol–water partition coefficient (Wildman–Crippen LogP) is 2.91. The molecule has 0 radical (unpaired) electrons. The summed E-state index contributed by atoms with van der Waals surface area (Å²) in [4.78, 5) is 14.9. The summed E-state index contributed by atoms with van der Waals surface area (Å²) in [6.45, 7) is 8.39. The summed E-state index contributed by atoms with van der Waals surface area (Å²) in [6, 6.07) is 12.2. The van der Waals surface area contributed by atoms with Crippen molar-refractivity contribution in [3.8, 4) is 5.69 Å². The van der Waals surface area contributed by atoms with Crippen molar-refractivity contribution < 1.29 is 4.79 Å². The second-order valence-electron chi connectivity index (χ2n) is 6.95. The van der Waals surface area contributed by atoms with Gasteiger partial charge in [-0.3, -0.25) is 4.79 Å². The first kappa shape index (κ1) is 15.8. The number of hydrogen-bond acceptors (Lipinski definition) is 2. The minimum atomic E-state index is 0.0562. The lowest BCUT2D eigenvalue weighted by Gasteiger charge is -2.22. The van der Waals surface area contributed by atoms with E-state index in [1.165, 1.54) is 0 Å². The van der Waals surface area contributed by atoms with E-state index in [4.69, 9.17) is 5.73 Å². The van der Waals surface area contributed by atoms with Crippen LogP contribution in [0, 0.1) is 19.3 Å². The summed E-state index contributed by atoms with van der Waals surface area (Å²) in [5, 5.41) is 0. The summed E-state index contributed by atoms with van der Waals surface area (Å²) in [6.07, 6.45) is 0.979. The molecule has 0 spiro atoms. The van der Waals surface area contributed by atoms with Crippen LogP contribution < -0.4 is 5.73 Å². The van der Waals surface area contributed by atoms with Gasteiger partial charge in [0.05, 0.1) is 5.56 Å². The van der Waals surface area contributed by atoms with Gasteiger partial charge in [0.1, 0.15) is 0 Å². The smallest absolute Gasteiger partial charge is 0.255 e. The van der Waals surface area contributed by atoms with E-state index < -0.39 is 0 Å². The van der Waals surface area contributed by atoms with Gasteiger partial charge in [0.2, 0.25) is 0 Å². The van der Waals surface area contributed by atoms with E-state index in [0.29, 0.717) is 6.54 Å². The highest BCUT2D eigenvalue weighted by Gasteiger charge is 2.36. The van der Waals surface area contributed by atoms with Crippen LogP contribution in [-0.2, 0) is 0 Å². The Kier molecular flexibility index (Phi) is 4.02. The molecule has 23 heavy (non-hydrogen) atoms. The molecule has 1 aliphatic heterocycles. The van der Waals surface area contributed by atoms with Gasteiger partial charge in [-0.05, 0) is 50.4 Å². The zero-order valence-electron chi connectivity index (χ0n) is 14.2. The van der Waals surface area contributed by atoms with Gasteiger partial charge < -0.3 is 15.2 Å². The van der Waals surface area contributed by atoms with Crippen molar-refractivity contribution in [2.75, 3.05) is 19.6 Å². The van der Waals surface area contributed by atoms with Gasteiger partial charge in [-0.2, -0.15) is 0 Å². The number of carbonyl (C=O) groups excluding carboxylic acids is 1. The van der Waals surface area contributed by atoms with Crippen LogP contribution in [0.1, 0.15) is 35.1 Å². The quantitative estimate of drug-likeness (QED) is 0.947. The van der Waals surface area contributed by atoms with Crippen LogP contribution in [0.2, 0.25) is 0 Å². The predicted molar refractivity (Wildman–Crippen MR) is 92.9 cm³/mol. The van der Waals surface area contributed by atoms with Gasteiger partial charge in [-0.1, -0.05) is 25.1 Å². The molecule has 1 aromatic carbocycles. The zero-order valence-corrected chi connectivity index (χ0v) is 14.2. The summed E-state index contributed by atoms with van der Waals surface area (Å²) < 4.78 is 2.14. The number of nitrogens with two attached hydrogens (primary N) is 1. The van der Waals surface area contributed by atoms with Crippen molar-refractivity contribution in [2.24, 2.45) is 11.1 Å². The number of likely N-dealkylation sites (tertiary alicyclic amines) is 1. The molecule has 0 aliphatic carbocycles. The molecular weight excluding hydrogens is 286 g/mol. The summed E-state index contributed by atoms with van der Waals surface area (Å²) in [5.41, 5.74) is 9.89. The number of hydrogen-bond donors (Lipinski definition) is 1. The third kappa shape index (κ3) is 2.79. The van der Waals surface area contributed by atoms with Crippen molar-refractivity contribution in [1.82, 2.24) is 9.47 Å². The van der Waals surface area contributed by atoms with Gasteiger partial charge in [0, 0.05) is 30.2 Å². The van der Waals surface area contributed by atoms with Crippen molar-refractivity contribution in [3.63, 3.8) is 0 Å². The summed E-state index contributed by atoms with van der Waals surface area (Å²) in [7, 11) is 0. The van der Waals surface area contributed by atoms with Crippen LogP contribution in [0.3, 0.4) is 0 Å². The third-order valence-electron chi connectivity index (χ3n) is 5.01.